The van der Waals surface area contributed by atoms with Gasteiger partial charge in [0.2, 0.25) is 0 Å². The second-order valence-corrected chi connectivity index (χ2v) is 5.16. The van der Waals surface area contributed by atoms with Crippen molar-refractivity contribution < 1.29 is 14.3 Å². The highest BCUT2D eigenvalue weighted by molar-refractivity contribution is 5.96. The zero-order valence-electron chi connectivity index (χ0n) is 12.6. The van der Waals surface area contributed by atoms with Crippen molar-refractivity contribution in [2.45, 2.75) is 13.0 Å². The Labute approximate surface area is 125 Å². The first-order chi connectivity index (χ1) is 10.1. The van der Waals surface area contributed by atoms with Crippen molar-refractivity contribution >= 4 is 17.3 Å². The normalized spacial score (nSPS) is 19.2. The number of hydrogen-bond acceptors (Lipinski definition) is 6. The van der Waals surface area contributed by atoms with E-state index in [4.69, 9.17) is 15.2 Å². The molecule has 0 aromatic heterocycles. The molecular weight excluding hydrogens is 270 g/mol. The maximum absolute atomic E-state index is 12.0. The number of benzene rings is 1. The number of nitrogen functional groups attached to an aromatic ring is 1. The summed E-state index contributed by atoms with van der Waals surface area (Å²) in [6.07, 6.45) is 0.108. The molecule has 0 spiro atoms. The highest BCUT2D eigenvalue weighted by atomic mass is 16.5. The summed E-state index contributed by atoms with van der Waals surface area (Å²) in [5.41, 5.74) is 7.47. The molecule has 1 heterocycles. The molecule has 1 aliphatic rings. The van der Waals surface area contributed by atoms with E-state index in [2.05, 4.69) is 17.3 Å². The number of nitrogens with zero attached hydrogens (tertiary/aromatic N) is 1. The minimum Gasteiger partial charge on any atom is -0.462 e. The maximum atomic E-state index is 12.0. The quantitative estimate of drug-likeness (QED) is 0.627. The minimum absolute atomic E-state index is 0.108. The second-order valence-electron chi connectivity index (χ2n) is 5.16. The van der Waals surface area contributed by atoms with E-state index in [0.29, 0.717) is 24.4 Å². The lowest BCUT2D eigenvalue weighted by molar-refractivity contribution is -0.0117. The lowest BCUT2D eigenvalue weighted by Crippen LogP contribution is -2.43. The Morgan fingerprint density at radius 2 is 2.38 bits per heavy atom. The van der Waals surface area contributed by atoms with Crippen LogP contribution in [0.3, 0.4) is 0 Å². The molecular formula is C15H23N3O3. The molecule has 0 bridgehead atoms. The largest absolute Gasteiger partial charge is 0.462 e. The van der Waals surface area contributed by atoms with E-state index >= 15 is 0 Å². The van der Waals surface area contributed by atoms with E-state index < -0.39 is 0 Å². The van der Waals surface area contributed by atoms with Crippen LogP contribution in [0.25, 0.3) is 0 Å². The van der Waals surface area contributed by atoms with Gasteiger partial charge in [-0.05, 0) is 32.2 Å². The number of nitrogens with two attached hydrogens (primary N) is 1. The van der Waals surface area contributed by atoms with Crippen LogP contribution in [-0.4, -0.2) is 56.9 Å². The molecule has 2 rings (SSSR count). The van der Waals surface area contributed by atoms with Crippen molar-refractivity contribution in [3.8, 4) is 0 Å². The number of likely N-dealkylation sites (N-methyl/N-ethyl adjacent to an activating group) is 1. The summed E-state index contributed by atoms with van der Waals surface area (Å²) in [4.78, 5) is 14.2. The van der Waals surface area contributed by atoms with Crippen LogP contribution in [0.2, 0.25) is 0 Å². The first-order valence-corrected chi connectivity index (χ1v) is 7.20. The van der Waals surface area contributed by atoms with E-state index in [-0.39, 0.29) is 12.1 Å². The average Bonchev–Trinajstić information content (AvgIpc) is 2.46. The fraction of sp³-hybridized carbons (Fsp3) is 0.533. The van der Waals surface area contributed by atoms with Crippen LogP contribution in [0.5, 0.6) is 0 Å². The fourth-order valence-corrected chi connectivity index (χ4v) is 2.31. The lowest BCUT2D eigenvalue weighted by Gasteiger charge is -2.30. The number of carbonyl (C=O) groups excluding carboxylic acids is 1. The van der Waals surface area contributed by atoms with Gasteiger partial charge < -0.3 is 25.4 Å². The summed E-state index contributed by atoms with van der Waals surface area (Å²) in [5.74, 6) is -0.367. The molecule has 1 fully saturated rings. The molecule has 116 valence electrons. The van der Waals surface area contributed by atoms with Crippen molar-refractivity contribution in [1.82, 2.24) is 4.90 Å². The van der Waals surface area contributed by atoms with Gasteiger partial charge in [-0.3, -0.25) is 0 Å². The first kappa shape index (κ1) is 15.6. The van der Waals surface area contributed by atoms with Crippen molar-refractivity contribution in [3.05, 3.63) is 23.8 Å². The second kappa shape index (κ2) is 7.28. The summed E-state index contributed by atoms with van der Waals surface area (Å²) in [5, 5.41) is 3.26. The van der Waals surface area contributed by atoms with E-state index in [1.165, 1.54) is 0 Å². The molecule has 0 amide bonds. The fourth-order valence-electron chi connectivity index (χ4n) is 2.31. The molecule has 3 N–H and O–H groups in total. The van der Waals surface area contributed by atoms with Gasteiger partial charge in [0.15, 0.2) is 0 Å². The van der Waals surface area contributed by atoms with Gasteiger partial charge in [-0.15, -0.1) is 0 Å². The van der Waals surface area contributed by atoms with Crippen LogP contribution in [0, 0.1) is 0 Å². The minimum atomic E-state index is -0.367. The lowest BCUT2D eigenvalue weighted by atomic mass is 10.1. The van der Waals surface area contributed by atoms with Crippen LogP contribution in [0.1, 0.15) is 17.3 Å². The van der Waals surface area contributed by atoms with Gasteiger partial charge in [0, 0.05) is 31.0 Å². The Hall–Kier alpha value is -1.79. The topological polar surface area (TPSA) is 76.8 Å². The molecule has 1 aliphatic heterocycles. The third-order valence-corrected chi connectivity index (χ3v) is 3.40. The van der Waals surface area contributed by atoms with E-state index in [0.717, 1.165) is 25.4 Å². The molecule has 0 aliphatic carbocycles. The van der Waals surface area contributed by atoms with E-state index in [1.807, 2.05) is 0 Å². The Bertz CT molecular complexity index is 493. The number of anilines is 2. The average molecular weight is 293 g/mol. The van der Waals surface area contributed by atoms with Crippen LogP contribution < -0.4 is 11.1 Å². The van der Waals surface area contributed by atoms with E-state index in [9.17, 15) is 4.79 Å². The Morgan fingerprint density at radius 1 is 1.57 bits per heavy atom. The number of carbonyl (C=O) groups is 1. The SMILES string of the molecule is CCOC(=O)c1cc(N)ccc1NCC1CN(C)CCO1. The standard InChI is InChI=1S/C15H23N3O3/c1-3-20-15(19)13-8-11(16)4-5-14(13)17-9-12-10-18(2)6-7-21-12/h4-5,8,12,17H,3,6-7,9-10,16H2,1-2H3. The van der Waals surface area contributed by atoms with Gasteiger partial charge in [0.1, 0.15) is 0 Å². The van der Waals surface area contributed by atoms with Crippen LogP contribution in [0.15, 0.2) is 18.2 Å². The van der Waals surface area contributed by atoms with Crippen molar-refractivity contribution in [3.63, 3.8) is 0 Å². The molecule has 6 nitrogen and oxygen atoms in total. The summed E-state index contributed by atoms with van der Waals surface area (Å²) in [6, 6.07) is 5.20. The molecule has 0 radical (unpaired) electrons. The van der Waals surface area contributed by atoms with Crippen molar-refractivity contribution in [2.75, 3.05) is 50.9 Å². The first-order valence-electron chi connectivity index (χ1n) is 7.20. The number of rotatable bonds is 5. The van der Waals surface area contributed by atoms with Gasteiger partial charge in [-0.2, -0.15) is 0 Å². The number of morpholine rings is 1. The third-order valence-electron chi connectivity index (χ3n) is 3.40. The molecule has 1 atom stereocenters. The molecule has 1 aromatic carbocycles. The Balaban J connectivity index is 2.03. The molecule has 6 heteroatoms. The van der Waals surface area contributed by atoms with Crippen molar-refractivity contribution in [1.29, 1.82) is 0 Å². The van der Waals surface area contributed by atoms with Gasteiger partial charge in [0.25, 0.3) is 0 Å². The smallest absolute Gasteiger partial charge is 0.340 e. The number of ether oxygens (including phenoxy) is 2. The zero-order chi connectivity index (χ0) is 15.2. The van der Waals surface area contributed by atoms with Gasteiger partial charge in [-0.25, -0.2) is 4.79 Å². The zero-order valence-corrected chi connectivity index (χ0v) is 12.6. The van der Waals surface area contributed by atoms with Gasteiger partial charge in [0.05, 0.1) is 24.9 Å². The van der Waals surface area contributed by atoms with Gasteiger partial charge in [-0.1, -0.05) is 0 Å². The van der Waals surface area contributed by atoms with Crippen molar-refractivity contribution in [2.24, 2.45) is 0 Å². The predicted molar refractivity (Wildman–Crippen MR) is 82.5 cm³/mol. The Kier molecular flexibility index (Phi) is 5.41. The number of esters is 1. The summed E-state index contributed by atoms with van der Waals surface area (Å²) in [7, 11) is 2.07. The molecule has 1 saturated heterocycles. The highest BCUT2D eigenvalue weighted by Gasteiger charge is 2.19. The number of nitrogens with one attached hydrogen (secondary N) is 1. The number of hydrogen-bond donors (Lipinski definition) is 2. The van der Waals surface area contributed by atoms with Crippen LogP contribution in [-0.2, 0) is 9.47 Å². The molecule has 1 aromatic rings. The summed E-state index contributed by atoms with van der Waals surface area (Å²) >= 11 is 0. The van der Waals surface area contributed by atoms with E-state index in [1.54, 1.807) is 25.1 Å². The molecule has 21 heavy (non-hydrogen) atoms. The van der Waals surface area contributed by atoms with Crippen LogP contribution >= 0.6 is 0 Å². The Morgan fingerprint density at radius 3 is 3.10 bits per heavy atom. The maximum Gasteiger partial charge on any atom is 0.340 e. The summed E-state index contributed by atoms with van der Waals surface area (Å²) in [6.45, 7) is 5.31. The molecule has 1 unspecified atom stereocenters. The molecule has 0 saturated carbocycles. The predicted octanol–water partition coefficient (Wildman–Crippen LogP) is 1.19. The van der Waals surface area contributed by atoms with Gasteiger partial charge >= 0.3 is 5.97 Å². The summed E-state index contributed by atoms with van der Waals surface area (Å²) < 4.78 is 10.8. The monoisotopic (exact) mass is 293 g/mol. The van der Waals surface area contributed by atoms with Crippen LogP contribution in [0.4, 0.5) is 11.4 Å². The highest BCUT2D eigenvalue weighted by Crippen LogP contribution is 2.20. The third kappa shape index (κ3) is 4.34.